The van der Waals surface area contributed by atoms with Crippen LogP contribution in [0.2, 0.25) is 4.55 Å². The van der Waals surface area contributed by atoms with Crippen LogP contribution in [0.1, 0.15) is 39.5 Å². The van der Waals surface area contributed by atoms with Crippen molar-refractivity contribution in [2.24, 2.45) is 5.41 Å². The van der Waals surface area contributed by atoms with Gasteiger partial charge in [-0.2, -0.15) is 4.55 Å². The lowest BCUT2D eigenvalue weighted by Gasteiger charge is -2.33. The molecule has 0 amide bonds. The molecule has 0 bridgehead atoms. The molecule has 0 spiro atoms. The molecule has 69 valence electrons. The van der Waals surface area contributed by atoms with Crippen molar-refractivity contribution in [3.8, 4) is 0 Å². The Bertz CT molecular complexity index is 215. The molecule has 1 aliphatic carbocycles. The van der Waals surface area contributed by atoms with E-state index in [1.165, 1.54) is 30.2 Å². The number of hydrogen-bond donors (Lipinski definition) is 0. The monoisotopic (exact) mass is 187 g/mol. The summed E-state index contributed by atoms with van der Waals surface area (Å²) in [5.74, 6) is 0. The van der Waals surface area contributed by atoms with Crippen LogP contribution < -0.4 is 0 Å². The van der Waals surface area contributed by atoms with E-state index in [9.17, 15) is 0 Å². The molecule has 1 aliphatic rings. The van der Waals surface area contributed by atoms with Crippen LogP contribution in [0.3, 0.4) is 0 Å². The Balaban J connectivity index is 2.70. The topological polar surface area (TPSA) is 0 Å². The maximum atomic E-state index is 2.43. The summed E-state index contributed by atoms with van der Waals surface area (Å²) in [5, 5.41) is 0. The molecule has 1 rings (SSSR count). The Hall–Kier alpha value is 0.246. The van der Waals surface area contributed by atoms with E-state index in [1.54, 1.807) is 5.57 Å². The molecule has 0 saturated heterocycles. The molecule has 0 saturated carbocycles. The summed E-state index contributed by atoms with van der Waals surface area (Å²) in [5.41, 5.74) is 2.13. The third kappa shape index (κ3) is 2.85. The fourth-order valence-corrected chi connectivity index (χ4v) is 2.85. The molecular weight excluding hydrogens is 168 g/mol. The van der Waals surface area contributed by atoms with Crippen molar-refractivity contribution in [1.82, 2.24) is 0 Å². The van der Waals surface area contributed by atoms with Gasteiger partial charge in [-0.1, -0.05) is 44.1 Å². The molecular formula is C12H19Mg. The molecule has 0 nitrogen and oxygen atoms in total. The van der Waals surface area contributed by atoms with Crippen molar-refractivity contribution in [3.05, 3.63) is 23.8 Å². The summed E-state index contributed by atoms with van der Waals surface area (Å²) in [6.07, 6.45) is 12.2. The van der Waals surface area contributed by atoms with Crippen LogP contribution in [0, 0.1) is 5.41 Å². The third-order valence-electron chi connectivity index (χ3n) is 3.19. The lowest BCUT2D eigenvalue weighted by molar-refractivity contribution is 0.342. The van der Waals surface area contributed by atoms with Gasteiger partial charge in [0.05, 0.1) is 0 Å². The standard InChI is InChI=1S/C12H19.Mg/c1-4-11-8-7-9-12(5-2,6-3)10-11;/h7-9H,2,4-6,10H2,1,3H3;. The number of allylic oxidation sites excluding steroid dienone is 4. The van der Waals surface area contributed by atoms with Crippen LogP contribution in [0.25, 0.3) is 0 Å². The Morgan fingerprint density at radius 2 is 2.23 bits per heavy atom. The molecule has 0 heterocycles. The molecule has 0 aromatic heterocycles. The van der Waals surface area contributed by atoms with E-state index < -0.39 is 0 Å². The van der Waals surface area contributed by atoms with Gasteiger partial charge < -0.3 is 0 Å². The second-order valence-electron chi connectivity index (χ2n) is 4.03. The maximum absolute atomic E-state index is 2.43. The average Bonchev–Trinajstić information content (AvgIpc) is 2.19. The minimum Gasteiger partial charge on any atom is -0.176 e. The lowest BCUT2D eigenvalue weighted by atomic mass is 9.74. The van der Waals surface area contributed by atoms with Gasteiger partial charge >= 0.3 is 0 Å². The van der Waals surface area contributed by atoms with Gasteiger partial charge in [-0.15, -0.1) is 0 Å². The summed E-state index contributed by atoms with van der Waals surface area (Å²) >= 11 is 2.10. The molecule has 1 heteroatoms. The van der Waals surface area contributed by atoms with Crippen molar-refractivity contribution < 1.29 is 0 Å². The first-order valence-electron chi connectivity index (χ1n) is 5.43. The van der Waals surface area contributed by atoms with Gasteiger partial charge in [-0.3, -0.25) is 0 Å². The van der Waals surface area contributed by atoms with Crippen molar-refractivity contribution in [1.29, 1.82) is 0 Å². The molecule has 1 atom stereocenters. The molecule has 0 aromatic rings. The van der Waals surface area contributed by atoms with E-state index in [-0.39, 0.29) is 0 Å². The molecule has 0 aliphatic heterocycles. The van der Waals surface area contributed by atoms with Crippen molar-refractivity contribution in [3.63, 3.8) is 0 Å². The predicted molar refractivity (Wildman–Crippen MR) is 60.0 cm³/mol. The van der Waals surface area contributed by atoms with Crippen LogP contribution in [0.5, 0.6) is 0 Å². The Labute approximate surface area is 94.9 Å². The first kappa shape index (κ1) is 11.3. The fraction of sp³-hybridized carbons (Fsp3) is 0.667. The Morgan fingerprint density at radius 1 is 1.46 bits per heavy atom. The maximum Gasteiger partial charge on any atom is 0.222 e. The van der Waals surface area contributed by atoms with Gasteiger partial charge in [0.1, 0.15) is 0 Å². The SMILES string of the molecule is CCC1=CC=CC(CC)(C[CH2][Mg])C1. The summed E-state index contributed by atoms with van der Waals surface area (Å²) in [7, 11) is 0. The van der Waals surface area contributed by atoms with E-state index in [4.69, 9.17) is 0 Å². The summed E-state index contributed by atoms with van der Waals surface area (Å²) in [6.45, 7) is 4.58. The largest absolute Gasteiger partial charge is 0.222 e. The Kier molecular flexibility index (Phi) is 4.54. The minimum absolute atomic E-state index is 0.502. The first-order chi connectivity index (χ1) is 6.26. The normalized spacial score (nSPS) is 27.3. The molecule has 1 unspecified atom stereocenters. The van der Waals surface area contributed by atoms with E-state index in [1.807, 2.05) is 0 Å². The van der Waals surface area contributed by atoms with E-state index >= 15 is 0 Å². The quantitative estimate of drug-likeness (QED) is 0.590. The Morgan fingerprint density at radius 3 is 2.77 bits per heavy atom. The predicted octanol–water partition coefficient (Wildman–Crippen LogP) is 3.66. The summed E-state index contributed by atoms with van der Waals surface area (Å²) in [6, 6.07) is 0. The van der Waals surface area contributed by atoms with Crippen LogP contribution in [-0.2, 0) is 0 Å². The highest BCUT2D eigenvalue weighted by atomic mass is 24.4. The average molecular weight is 188 g/mol. The van der Waals surface area contributed by atoms with Crippen molar-refractivity contribution in [2.75, 3.05) is 0 Å². The highest BCUT2D eigenvalue weighted by Gasteiger charge is 2.25. The van der Waals surface area contributed by atoms with Gasteiger partial charge in [0.15, 0.2) is 0 Å². The fourth-order valence-electron chi connectivity index (χ4n) is 2.14. The zero-order valence-corrected chi connectivity index (χ0v) is 10.4. The molecule has 13 heavy (non-hydrogen) atoms. The van der Waals surface area contributed by atoms with Crippen LogP contribution in [0.15, 0.2) is 23.8 Å². The van der Waals surface area contributed by atoms with E-state index in [0.717, 1.165) is 0 Å². The van der Waals surface area contributed by atoms with Gasteiger partial charge in [0.2, 0.25) is 21.7 Å². The molecule has 0 aromatic carbocycles. The molecule has 1 radical (unpaired) electrons. The van der Waals surface area contributed by atoms with Gasteiger partial charge in [-0.25, -0.2) is 0 Å². The zero-order valence-electron chi connectivity index (χ0n) is 8.97. The first-order valence-corrected chi connectivity index (χ1v) is 6.43. The van der Waals surface area contributed by atoms with Gasteiger partial charge in [-0.05, 0) is 24.7 Å². The highest BCUT2D eigenvalue weighted by molar-refractivity contribution is 6.08. The summed E-state index contributed by atoms with van der Waals surface area (Å²) in [4.78, 5) is 0. The summed E-state index contributed by atoms with van der Waals surface area (Å²) < 4.78 is 1.33. The van der Waals surface area contributed by atoms with Crippen LogP contribution >= 0.6 is 0 Å². The minimum atomic E-state index is 0.502. The third-order valence-corrected chi connectivity index (χ3v) is 3.55. The highest BCUT2D eigenvalue weighted by Crippen LogP contribution is 2.39. The second-order valence-corrected chi connectivity index (χ2v) is 4.74. The zero-order chi connectivity index (χ0) is 9.73. The molecule has 0 fully saturated rings. The lowest BCUT2D eigenvalue weighted by Crippen LogP contribution is -2.19. The van der Waals surface area contributed by atoms with Crippen LogP contribution in [-0.4, -0.2) is 21.7 Å². The second kappa shape index (κ2) is 5.21. The number of hydrogen-bond acceptors (Lipinski definition) is 0. The van der Waals surface area contributed by atoms with Crippen molar-refractivity contribution in [2.45, 2.75) is 44.1 Å². The van der Waals surface area contributed by atoms with E-state index in [0.29, 0.717) is 5.41 Å². The smallest absolute Gasteiger partial charge is 0.176 e. The molecule has 0 N–H and O–H groups in total. The van der Waals surface area contributed by atoms with Gasteiger partial charge in [0, 0.05) is 0 Å². The van der Waals surface area contributed by atoms with E-state index in [2.05, 4.69) is 53.8 Å². The number of rotatable bonds is 4. The van der Waals surface area contributed by atoms with Crippen molar-refractivity contribution >= 4 is 21.7 Å². The van der Waals surface area contributed by atoms with Crippen LogP contribution in [0.4, 0.5) is 0 Å². The van der Waals surface area contributed by atoms with Gasteiger partial charge in [0.25, 0.3) is 0 Å².